The van der Waals surface area contributed by atoms with Crippen LogP contribution in [0.5, 0.6) is 0 Å². The van der Waals surface area contributed by atoms with Crippen molar-refractivity contribution >= 4 is 21.8 Å². The van der Waals surface area contributed by atoms with E-state index in [1.165, 1.54) is 0 Å². The first-order valence-electron chi connectivity index (χ1n) is 13.2. The molecule has 5 rings (SSSR count). The van der Waals surface area contributed by atoms with E-state index < -0.39 is 21.9 Å². The summed E-state index contributed by atoms with van der Waals surface area (Å²) in [6, 6.07) is 18.7. The molecule has 2 atom stereocenters. The minimum absolute atomic E-state index is 0.0956. The lowest BCUT2D eigenvalue weighted by Crippen LogP contribution is -2.36. The largest absolute Gasteiger partial charge is 0.481 e. The van der Waals surface area contributed by atoms with E-state index in [9.17, 15) is 23.1 Å². The molecule has 0 aromatic heterocycles. The number of carboxylic acid groups (broad SMARTS) is 1. The maximum absolute atomic E-state index is 13.8. The fraction of sp³-hybridized carbons (Fsp3) is 0.355. The molecule has 1 aliphatic heterocycles. The van der Waals surface area contributed by atoms with Crippen LogP contribution in [0.4, 0.5) is 0 Å². The molecule has 198 valence electrons. The van der Waals surface area contributed by atoms with Crippen molar-refractivity contribution in [1.82, 2.24) is 4.31 Å². The van der Waals surface area contributed by atoms with E-state index >= 15 is 0 Å². The van der Waals surface area contributed by atoms with Gasteiger partial charge in [-0.05, 0) is 71.6 Å². The van der Waals surface area contributed by atoms with Crippen LogP contribution < -0.4 is 0 Å². The number of hydrogen-bond acceptors (Lipinski definition) is 4. The molecule has 1 heterocycles. The predicted molar refractivity (Wildman–Crippen MR) is 146 cm³/mol. The van der Waals surface area contributed by atoms with E-state index in [2.05, 4.69) is 6.92 Å². The SMILES string of the molecule is Cc1ccc(C(CC(=O)O)c2ccc3c(c2)CCC3=O)cc1CN1C[C@@H](C)CCc2ccccc2S1(=O)=O. The van der Waals surface area contributed by atoms with Crippen molar-refractivity contribution in [3.8, 4) is 0 Å². The van der Waals surface area contributed by atoms with Crippen molar-refractivity contribution in [3.05, 3.63) is 99.6 Å². The van der Waals surface area contributed by atoms with E-state index in [0.29, 0.717) is 24.3 Å². The van der Waals surface area contributed by atoms with Crippen LogP contribution >= 0.6 is 0 Å². The van der Waals surface area contributed by atoms with Gasteiger partial charge in [-0.1, -0.05) is 61.5 Å². The highest BCUT2D eigenvalue weighted by atomic mass is 32.2. The molecule has 3 aromatic rings. The normalized spacial score (nSPS) is 19.7. The number of carboxylic acids is 1. The molecule has 7 heteroatoms. The molecule has 0 spiro atoms. The molecular formula is C31H33NO5S. The first-order chi connectivity index (χ1) is 18.1. The lowest BCUT2D eigenvalue weighted by molar-refractivity contribution is -0.137. The van der Waals surface area contributed by atoms with E-state index in [1.54, 1.807) is 16.4 Å². The van der Waals surface area contributed by atoms with Crippen LogP contribution in [0.15, 0.2) is 65.6 Å². The number of sulfonamides is 1. The maximum Gasteiger partial charge on any atom is 0.304 e. The van der Waals surface area contributed by atoms with Gasteiger partial charge in [0.05, 0.1) is 11.3 Å². The lowest BCUT2D eigenvalue weighted by Gasteiger charge is -2.30. The number of aliphatic carboxylic acids is 1. The Morgan fingerprint density at radius 3 is 2.53 bits per heavy atom. The summed E-state index contributed by atoms with van der Waals surface area (Å²) in [5, 5.41) is 9.73. The summed E-state index contributed by atoms with van der Waals surface area (Å²) in [4.78, 5) is 24.4. The molecule has 2 aliphatic rings. The van der Waals surface area contributed by atoms with Crippen LogP contribution in [0.25, 0.3) is 0 Å². The molecule has 0 radical (unpaired) electrons. The number of ketones is 1. The van der Waals surface area contributed by atoms with Crippen LogP contribution in [0, 0.1) is 12.8 Å². The third-order valence-corrected chi connectivity index (χ3v) is 9.88. The van der Waals surface area contributed by atoms with Gasteiger partial charge in [-0.3, -0.25) is 9.59 Å². The monoisotopic (exact) mass is 531 g/mol. The van der Waals surface area contributed by atoms with E-state index in [0.717, 1.165) is 51.8 Å². The number of benzene rings is 3. The summed E-state index contributed by atoms with van der Waals surface area (Å²) in [5.74, 6) is -0.985. The summed E-state index contributed by atoms with van der Waals surface area (Å²) < 4.78 is 29.1. The number of carbonyl (C=O) groups excluding carboxylic acids is 1. The number of rotatable bonds is 6. The number of aryl methyl sites for hydroxylation is 3. The summed E-state index contributed by atoms with van der Waals surface area (Å²) in [6.07, 6.45) is 2.71. The Morgan fingerprint density at radius 2 is 1.74 bits per heavy atom. The molecular weight excluding hydrogens is 498 g/mol. The minimum atomic E-state index is -3.70. The zero-order valence-electron chi connectivity index (χ0n) is 21.8. The Labute approximate surface area is 224 Å². The number of fused-ring (bicyclic) bond motifs is 2. The topological polar surface area (TPSA) is 91.8 Å². The lowest BCUT2D eigenvalue weighted by atomic mass is 9.85. The van der Waals surface area contributed by atoms with E-state index in [-0.39, 0.29) is 24.7 Å². The second-order valence-corrected chi connectivity index (χ2v) is 12.6. The predicted octanol–water partition coefficient (Wildman–Crippen LogP) is 5.50. The molecule has 3 aromatic carbocycles. The number of hydrogen-bond donors (Lipinski definition) is 1. The number of nitrogens with zero attached hydrogens (tertiary/aromatic N) is 1. The standard InChI is InChI=1S/C31H33NO5S/c1-20-7-9-22-5-3-4-6-30(22)38(36,37)32(18-20)19-26-16-24(10-8-21(26)2)28(17-31(34)35)25-11-13-27-23(15-25)12-14-29(27)33/h3-6,8,10-11,13,15-16,20,28H,7,9,12,14,17-19H2,1-2H3,(H,34,35)/t20-,28?/m0/s1. The zero-order chi connectivity index (χ0) is 27.0. The van der Waals surface area contributed by atoms with Crippen LogP contribution in [-0.2, 0) is 34.2 Å². The average Bonchev–Trinajstić information content (AvgIpc) is 3.26. The van der Waals surface area contributed by atoms with Gasteiger partial charge in [-0.15, -0.1) is 0 Å². The van der Waals surface area contributed by atoms with Gasteiger partial charge in [0.25, 0.3) is 0 Å². The van der Waals surface area contributed by atoms with Gasteiger partial charge in [0, 0.05) is 31.0 Å². The van der Waals surface area contributed by atoms with Crippen molar-refractivity contribution in [3.63, 3.8) is 0 Å². The molecule has 0 saturated heterocycles. The molecule has 1 unspecified atom stereocenters. The molecule has 1 aliphatic carbocycles. The van der Waals surface area contributed by atoms with Crippen molar-refractivity contribution < 1.29 is 23.1 Å². The first kappa shape index (κ1) is 26.3. The second kappa shape index (κ2) is 10.5. The van der Waals surface area contributed by atoms with Gasteiger partial charge in [0.1, 0.15) is 0 Å². The fourth-order valence-electron chi connectivity index (χ4n) is 5.75. The van der Waals surface area contributed by atoms with Crippen molar-refractivity contribution in [2.75, 3.05) is 6.54 Å². The van der Waals surface area contributed by atoms with E-state index in [4.69, 9.17) is 0 Å². The van der Waals surface area contributed by atoms with E-state index in [1.807, 2.05) is 55.5 Å². The molecule has 0 saturated carbocycles. The van der Waals surface area contributed by atoms with Gasteiger partial charge in [-0.25, -0.2) is 8.42 Å². The Kier molecular flexibility index (Phi) is 7.25. The van der Waals surface area contributed by atoms with Gasteiger partial charge in [0.15, 0.2) is 5.78 Å². The Balaban J connectivity index is 1.52. The van der Waals surface area contributed by atoms with Crippen molar-refractivity contribution in [2.24, 2.45) is 5.92 Å². The average molecular weight is 532 g/mol. The smallest absolute Gasteiger partial charge is 0.304 e. The first-order valence-corrected chi connectivity index (χ1v) is 14.6. The third kappa shape index (κ3) is 5.18. The molecule has 38 heavy (non-hydrogen) atoms. The van der Waals surface area contributed by atoms with Crippen molar-refractivity contribution in [1.29, 1.82) is 0 Å². The zero-order valence-corrected chi connectivity index (χ0v) is 22.6. The third-order valence-electron chi connectivity index (χ3n) is 7.97. The van der Waals surface area contributed by atoms with Crippen LogP contribution in [0.1, 0.15) is 75.8 Å². The minimum Gasteiger partial charge on any atom is -0.481 e. The Morgan fingerprint density at radius 1 is 1.00 bits per heavy atom. The molecule has 0 fully saturated rings. The molecule has 1 N–H and O–H groups in total. The molecule has 6 nitrogen and oxygen atoms in total. The summed E-state index contributed by atoms with van der Waals surface area (Å²) in [5.41, 5.74) is 6.06. The summed E-state index contributed by atoms with van der Waals surface area (Å²) >= 11 is 0. The Bertz CT molecular complexity index is 1510. The second-order valence-electron chi connectivity index (χ2n) is 10.7. The molecule has 0 amide bonds. The van der Waals surface area contributed by atoms with Gasteiger partial charge < -0.3 is 5.11 Å². The maximum atomic E-state index is 13.8. The van der Waals surface area contributed by atoms with Crippen LogP contribution in [0.3, 0.4) is 0 Å². The van der Waals surface area contributed by atoms with Gasteiger partial charge >= 0.3 is 5.97 Å². The molecule has 0 bridgehead atoms. The van der Waals surface area contributed by atoms with Crippen molar-refractivity contribution in [2.45, 2.75) is 63.3 Å². The quantitative estimate of drug-likeness (QED) is 0.453. The van der Waals surface area contributed by atoms with Crippen LogP contribution in [0.2, 0.25) is 0 Å². The Hall–Kier alpha value is -3.29. The number of Topliss-reactive ketones (excluding diaryl/α,β-unsaturated/α-hetero) is 1. The van der Waals surface area contributed by atoms with Crippen LogP contribution in [-0.4, -0.2) is 36.1 Å². The van der Waals surface area contributed by atoms with Gasteiger partial charge in [0.2, 0.25) is 10.0 Å². The fourth-order valence-corrected chi connectivity index (χ4v) is 7.54. The van der Waals surface area contributed by atoms with Gasteiger partial charge in [-0.2, -0.15) is 4.31 Å². The highest BCUT2D eigenvalue weighted by Crippen LogP contribution is 2.34. The highest BCUT2D eigenvalue weighted by Gasteiger charge is 2.31. The highest BCUT2D eigenvalue weighted by molar-refractivity contribution is 7.89. The summed E-state index contributed by atoms with van der Waals surface area (Å²) in [7, 11) is -3.70. The number of carbonyl (C=O) groups is 2. The summed E-state index contributed by atoms with van der Waals surface area (Å²) in [6.45, 7) is 4.69.